The van der Waals surface area contributed by atoms with Crippen LogP contribution in [0.4, 0.5) is 26.3 Å². The minimum absolute atomic E-state index is 0.564. The van der Waals surface area contributed by atoms with Gasteiger partial charge in [-0.15, -0.1) is 0 Å². The van der Waals surface area contributed by atoms with Crippen LogP contribution in [0.5, 0.6) is 0 Å². The summed E-state index contributed by atoms with van der Waals surface area (Å²) in [6.07, 6.45) is -2.30. The van der Waals surface area contributed by atoms with Crippen LogP contribution in [-0.2, 0) is 0 Å². The number of rotatable bonds is 2. The molecule has 0 N–H and O–H groups in total. The zero-order valence-electron chi connectivity index (χ0n) is 6.93. The van der Waals surface area contributed by atoms with Gasteiger partial charge in [0.05, 0.1) is 5.56 Å². The Morgan fingerprint density at radius 1 is 0.800 bits per heavy atom. The lowest BCUT2D eigenvalue weighted by molar-refractivity contribution is 0.317. The number of alkyl halides is 2. The molecule has 1 unspecified atom stereocenters. The van der Waals surface area contributed by atoms with E-state index in [4.69, 9.17) is 0 Å². The van der Waals surface area contributed by atoms with Crippen molar-refractivity contribution in [3.8, 4) is 0 Å². The van der Waals surface area contributed by atoms with Crippen LogP contribution in [0.1, 0.15) is 11.7 Å². The molecule has 0 aliphatic rings. The molecular weight excluding hydrogens is 290 g/mol. The van der Waals surface area contributed by atoms with Gasteiger partial charge in [-0.1, -0.05) is 15.9 Å². The van der Waals surface area contributed by atoms with E-state index in [9.17, 15) is 26.3 Å². The van der Waals surface area contributed by atoms with Gasteiger partial charge in [0.25, 0.3) is 0 Å². The minimum Gasteiger partial charge on any atom is -0.241 e. The van der Waals surface area contributed by atoms with Crippen molar-refractivity contribution in [3.63, 3.8) is 0 Å². The first-order valence-electron chi connectivity index (χ1n) is 3.63. The lowest BCUT2D eigenvalue weighted by atomic mass is 10.1. The molecule has 1 rings (SSSR count). The average Bonchev–Trinajstić information content (AvgIpc) is 2.23. The van der Waals surface area contributed by atoms with Gasteiger partial charge in [0.1, 0.15) is 6.17 Å². The number of halogens is 7. The topological polar surface area (TPSA) is 0 Å². The van der Waals surface area contributed by atoms with Crippen molar-refractivity contribution in [2.24, 2.45) is 0 Å². The lowest BCUT2D eigenvalue weighted by Gasteiger charge is -2.09. The second-order valence-corrected chi connectivity index (χ2v) is 3.25. The van der Waals surface area contributed by atoms with Crippen LogP contribution in [0, 0.1) is 29.1 Å². The summed E-state index contributed by atoms with van der Waals surface area (Å²) in [7, 11) is 0. The van der Waals surface area contributed by atoms with Gasteiger partial charge in [-0.05, 0) is 0 Å². The first kappa shape index (κ1) is 12.4. The molecule has 0 radical (unpaired) electrons. The van der Waals surface area contributed by atoms with Crippen molar-refractivity contribution in [3.05, 3.63) is 34.6 Å². The molecule has 84 valence electrons. The van der Waals surface area contributed by atoms with Gasteiger partial charge in [-0.2, -0.15) is 0 Å². The first-order valence-corrected chi connectivity index (χ1v) is 4.75. The van der Waals surface area contributed by atoms with Gasteiger partial charge in [0.2, 0.25) is 5.82 Å². The molecule has 0 nitrogen and oxygen atoms in total. The molecule has 0 aliphatic carbocycles. The van der Waals surface area contributed by atoms with E-state index in [1.54, 1.807) is 0 Å². The van der Waals surface area contributed by atoms with Crippen molar-refractivity contribution < 1.29 is 26.3 Å². The average molecular weight is 293 g/mol. The Bertz CT molecular complexity index is 362. The molecule has 1 aromatic carbocycles. The van der Waals surface area contributed by atoms with Gasteiger partial charge < -0.3 is 0 Å². The van der Waals surface area contributed by atoms with E-state index in [-0.39, 0.29) is 0 Å². The highest BCUT2D eigenvalue weighted by atomic mass is 79.9. The summed E-state index contributed by atoms with van der Waals surface area (Å²) in [5, 5.41) is -0.564. The molecule has 1 aromatic rings. The summed E-state index contributed by atoms with van der Waals surface area (Å²) in [6.45, 7) is 0. The molecule has 15 heavy (non-hydrogen) atoms. The normalized spacial score (nSPS) is 13.0. The molecule has 0 fully saturated rings. The predicted molar refractivity (Wildman–Crippen MR) is 43.9 cm³/mol. The Balaban J connectivity index is 3.52. The molecule has 0 amide bonds. The monoisotopic (exact) mass is 292 g/mol. The Labute approximate surface area is 89.0 Å². The first-order chi connectivity index (χ1) is 6.91. The van der Waals surface area contributed by atoms with Crippen LogP contribution >= 0.6 is 15.9 Å². The third-order valence-corrected chi connectivity index (χ3v) is 2.26. The fraction of sp³-hybridized carbons (Fsp3) is 0.250. The van der Waals surface area contributed by atoms with Gasteiger partial charge >= 0.3 is 0 Å². The van der Waals surface area contributed by atoms with Crippen LogP contribution in [0.3, 0.4) is 0 Å². The molecule has 0 aromatic heterocycles. The summed E-state index contributed by atoms with van der Waals surface area (Å²) in [5.41, 5.74) is -1.46. The number of benzene rings is 1. The Kier molecular flexibility index (Phi) is 3.64. The van der Waals surface area contributed by atoms with Gasteiger partial charge in [0.15, 0.2) is 23.3 Å². The minimum atomic E-state index is -2.30. The van der Waals surface area contributed by atoms with Gasteiger partial charge in [-0.25, -0.2) is 26.3 Å². The summed E-state index contributed by atoms with van der Waals surface area (Å²) in [4.78, 5) is 0. The quantitative estimate of drug-likeness (QED) is 0.337. The van der Waals surface area contributed by atoms with E-state index in [2.05, 4.69) is 15.9 Å². The second kappa shape index (κ2) is 4.42. The molecule has 0 heterocycles. The standard InChI is InChI=1S/C8H3BrF6/c9-1-2(10)3-4(11)6(13)8(15)7(14)5(3)12/h2H,1H2. The summed E-state index contributed by atoms with van der Waals surface area (Å²) < 4.78 is 76.2. The SMILES string of the molecule is Fc1c(F)c(F)c(C(F)CBr)c(F)c1F. The molecular formula is C8H3BrF6. The Morgan fingerprint density at radius 2 is 1.13 bits per heavy atom. The highest BCUT2D eigenvalue weighted by Crippen LogP contribution is 2.30. The third-order valence-electron chi connectivity index (χ3n) is 1.69. The fourth-order valence-corrected chi connectivity index (χ4v) is 1.30. The fourth-order valence-electron chi connectivity index (χ4n) is 0.974. The van der Waals surface area contributed by atoms with Crippen molar-refractivity contribution in [1.29, 1.82) is 0 Å². The van der Waals surface area contributed by atoms with Crippen molar-refractivity contribution >= 4 is 15.9 Å². The molecule has 7 heteroatoms. The van der Waals surface area contributed by atoms with Gasteiger partial charge in [0, 0.05) is 5.33 Å². The maximum atomic E-state index is 12.9. The van der Waals surface area contributed by atoms with Crippen LogP contribution in [0.2, 0.25) is 0 Å². The van der Waals surface area contributed by atoms with E-state index < -0.39 is 46.2 Å². The Morgan fingerprint density at radius 3 is 1.47 bits per heavy atom. The smallest absolute Gasteiger partial charge is 0.200 e. The molecule has 0 spiro atoms. The van der Waals surface area contributed by atoms with E-state index in [1.165, 1.54) is 0 Å². The number of hydrogen-bond acceptors (Lipinski definition) is 0. The summed E-state index contributed by atoms with van der Waals surface area (Å²) in [5.74, 6) is -10.9. The van der Waals surface area contributed by atoms with Crippen molar-refractivity contribution in [2.45, 2.75) is 6.17 Å². The van der Waals surface area contributed by atoms with Crippen LogP contribution in [0.15, 0.2) is 0 Å². The molecule has 0 saturated heterocycles. The van der Waals surface area contributed by atoms with Crippen LogP contribution in [-0.4, -0.2) is 5.33 Å². The van der Waals surface area contributed by atoms with E-state index in [0.717, 1.165) is 0 Å². The highest BCUT2D eigenvalue weighted by molar-refractivity contribution is 9.09. The number of hydrogen-bond donors (Lipinski definition) is 0. The predicted octanol–water partition coefficient (Wildman–Crippen LogP) is 3.79. The maximum absolute atomic E-state index is 12.9. The molecule has 1 atom stereocenters. The van der Waals surface area contributed by atoms with E-state index in [1.807, 2.05) is 0 Å². The van der Waals surface area contributed by atoms with Crippen molar-refractivity contribution in [2.75, 3.05) is 5.33 Å². The van der Waals surface area contributed by atoms with Crippen molar-refractivity contribution in [1.82, 2.24) is 0 Å². The van der Waals surface area contributed by atoms with Crippen LogP contribution < -0.4 is 0 Å². The molecule has 0 saturated carbocycles. The summed E-state index contributed by atoms with van der Waals surface area (Å²) >= 11 is 2.54. The molecule has 0 bridgehead atoms. The maximum Gasteiger partial charge on any atom is 0.200 e. The summed E-state index contributed by atoms with van der Waals surface area (Å²) in [6, 6.07) is 0. The zero-order valence-corrected chi connectivity index (χ0v) is 8.52. The van der Waals surface area contributed by atoms with E-state index >= 15 is 0 Å². The largest absolute Gasteiger partial charge is 0.241 e. The molecule has 0 aliphatic heterocycles. The van der Waals surface area contributed by atoms with Crippen LogP contribution in [0.25, 0.3) is 0 Å². The second-order valence-electron chi connectivity index (χ2n) is 2.61. The van der Waals surface area contributed by atoms with E-state index in [0.29, 0.717) is 0 Å². The lowest BCUT2D eigenvalue weighted by Crippen LogP contribution is -2.09. The Hall–Kier alpha value is -0.720. The zero-order chi connectivity index (χ0) is 11.7. The third kappa shape index (κ3) is 1.97. The van der Waals surface area contributed by atoms with Gasteiger partial charge in [-0.3, -0.25) is 0 Å². The highest BCUT2D eigenvalue weighted by Gasteiger charge is 2.29.